The predicted molar refractivity (Wildman–Crippen MR) is 62.6 cm³/mol. The summed E-state index contributed by atoms with van der Waals surface area (Å²) in [6, 6.07) is 5.71. The first-order chi connectivity index (χ1) is 7.76. The number of hydrogen-bond acceptors (Lipinski definition) is 4. The van der Waals surface area contributed by atoms with Gasteiger partial charge in [-0.1, -0.05) is 6.07 Å². The maximum absolute atomic E-state index is 11.5. The molecule has 0 aromatic carbocycles. The van der Waals surface area contributed by atoms with Crippen LogP contribution in [-0.2, 0) is 11.3 Å². The summed E-state index contributed by atoms with van der Waals surface area (Å²) in [6.07, 6.45) is 0. The number of hydrogen-bond donors (Lipinski definition) is 0. The molecule has 5 heteroatoms. The first-order valence-electron chi connectivity index (χ1n) is 4.96. The molecular weight excluding hydrogens is 224 g/mol. The van der Waals surface area contributed by atoms with Gasteiger partial charge in [0, 0.05) is 6.54 Å². The van der Waals surface area contributed by atoms with Gasteiger partial charge in [0.25, 0.3) is 0 Å². The van der Waals surface area contributed by atoms with E-state index in [4.69, 9.17) is 4.74 Å². The fraction of sp³-hybridized carbons (Fsp3) is 0.273. The third-order valence-electron chi connectivity index (χ3n) is 2.25. The summed E-state index contributed by atoms with van der Waals surface area (Å²) in [6.45, 7) is 2.59. The highest BCUT2D eigenvalue weighted by molar-refractivity contribution is 7.13. The van der Waals surface area contributed by atoms with Gasteiger partial charge in [-0.15, -0.1) is 11.3 Å². The van der Waals surface area contributed by atoms with Gasteiger partial charge in [0.1, 0.15) is 11.4 Å². The van der Waals surface area contributed by atoms with E-state index < -0.39 is 0 Å². The molecule has 0 spiro atoms. The van der Waals surface area contributed by atoms with Crippen LogP contribution in [0.25, 0.3) is 10.6 Å². The van der Waals surface area contributed by atoms with Crippen LogP contribution in [0, 0.1) is 0 Å². The molecule has 16 heavy (non-hydrogen) atoms. The maximum atomic E-state index is 11.5. The Morgan fingerprint density at radius 3 is 3.00 bits per heavy atom. The smallest absolute Gasteiger partial charge is 0.356 e. The zero-order valence-electron chi connectivity index (χ0n) is 9.14. The Kier molecular flexibility index (Phi) is 3.05. The van der Waals surface area contributed by atoms with E-state index in [0.717, 1.165) is 10.6 Å². The minimum atomic E-state index is -0.350. The van der Waals surface area contributed by atoms with Crippen LogP contribution in [0.3, 0.4) is 0 Å². The van der Waals surface area contributed by atoms with E-state index >= 15 is 0 Å². The molecule has 0 bridgehead atoms. The minimum Gasteiger partial charge on any atom is -0.464 e. The molecule has 84 valence electrons. The molecule has 0 saturated heterocycles. The van der Waals surface area contributed by atoms with Gasteiger partial charge in [-0.3, -0.25) is 4.68 Å². The largest absolute Gasteiger partial charge is 0.464 e. The molecule has 2 heterocycles. The van der Waals surface area contributed by atoms with Crippen LogP contribution in [-0.4, -0.2) is 22.9 Å². The number of aromatic nitrogens is 2. The maximum Gasteiger partial charge on any atom is 0.356 e. The first-order valence-corrected chi connectivity index (χ1v) is 5.84. The van der Waals surface area contributed by atoms with Crippen LogP contribution in [0.4, 0.5) is 0 Å². The molecule has 0 saturated carbocycles. The molecule has 0 N–H and O–H groups in total. The number of esters is 1. The number of ether oxygens (including phenoxy) is 1. The van der Waals surface area contributed by atoms with E-state index in [1.807, 2.05) is 24.4 Å². The number of carbonyl (C=O) groups excluding carboxylic acids is 1. The number of aryl methyl sites for hydroxylation is 1. The van der Waals surface area contributed by atoms with Crippen molar-refractivity contribution < 1.29 is 9.53 Å². The van der Waals surface area contributed by atoms with Crippen LogP contribution in [0.5, 0.6) is 0 Å². The second-order valence-corrected chi connectivity index (χ2v) is 4.15. The van der Waals surface area contributed by atoms with Gasteiger partial charge in [-0.2, -0.15) is 5.10 Å². The summed E-state index contributed by atoms with van der Waals surface area (Å²) < 4.78 is 6.37. The van der Waals surface area contributed by atoms with Crippen molar-refractivity contribution >= 4 is 17.3 Å². The van der Waals surface area contributed by atoms with Crippen LogP contribution >= 0.6 is 11.3 Å². The lowest BCUT2D eigenvalue weighted by atomic mass is 10.3. The van der Waals surface area contributed by atoms with Crippen LogP contribution in [0.2, 0.25) is 0 Å². The summed E-state index contributed by atoms with van der Waals surface area (Å²) >= 11 is 1.60. The highest BCUT2D eigenvalue weighted by Crippen LogP contribution is 2.24. The van der Waals surface area contributed by atoms with Crippen LogP contribution in [0.15, 0.2) is 23.6 Å². The fourth-order valence-electron chi connectivity index (χ4n) is 1.47. The predicted octanol–water partition coefficient (Wildman–Crippen LogP) is 2.42. The lowest BCUT2D eigenvalue weighted by Gasteiger charge is -2.00. The second-order valence-electron chi connectivity index (χ2n) is 3.20. The zero-order valence-corrected chi connectivity index (χ0v) is 9.95. The molecule has 2 aromatic rings. The quantitative estimate of drug-likeness (QED) is 0.769. The van der Waals surface area contributed by atoms with E-state index in [9.17, 15) is 4.79 Å². The summed E-state index contributed by atoms with van der Waals surface area (Å²) in [5, 5.41) is 6.35. The number of rotatable bonds is 3. The average Bonchev–Trinajstić information content (AvgIpc) is 2.95. The van der Waals surface area contributed by atoms with E-state index in [2.05, 4.69) is 5.10 Å². The molecule has 2 rings (SSSR count). The van der Waals surface area contributed by atoms with Crippen molar-refractivity contribution in [3.8, 4) is 10.6 Å². The van der Waals surface area contributed by atoms with E-state index in [-0.39, 0.29) is 5.97 Å². The Morgan fingerprint density at radius 2 is 2.44 bits per heavy atom. The van der Waals surface area contributed by atoms with Gasteiger partial charge in [0.15, 0.2) is 0 Å². The van der Waals surface area contributed by atoms with Gasteiger partial charge in [0.2, 0.25) is 0 Å². The fourth-order valence-corrected chi connectivity index (χ4v) is 2.15. The third kappa shape index (κ3) is 1.86. The SMILES string of the molecule is CCn1nc(-c2cccs2)cc1C(=O)OC. The summed E-state index contributed by atoms with van der Waals surface area (Å²) in [7, 11) is 1.38. The van der Waals surface area contributed by atoms with Crippen molar-refractivity contribution in [1.29, 1.82) is 0 Å². The van der Waals surface area contributed by atoms with Crippen LogP contribution < -0.4 is 0 Å². The molecule has 0 radical (unpaired) electrons. The molecule has 4 nitrogen and oxygen atoms in total. The highest BCUT2D eigenvalue weighted by atomic mass is 32.1. The molecule has 0 atom stereocenters. The van der Waals surface area contributed by atoms with Crippen molar-refractivity contribution in [3.63, 3.8) is 0 Å². The van der Waals surface area contributed by atoms with Crippen molar-refractivity contribution in [2.24, 2.45) is 0 Å². The number of methoxy groups -OCH3 is 1. The molecule has 0 aliphatic rings. The van der Waals surface area contributed by atoms with E-state index in [0.29, 0.717) is 12.2 Å². The second kappa shape index (κ2) is 4.49. The topological polar surface area (TPSA) is 44.1 Å². The highest BCUT2D eigenvalue weighted by Gasteiger charge is 2.15. The van der Waals surface area contributed by atoms with Gasteiger partial charge in [-0.05, 0) is 24.4 Å². The molecule has 0 aliphatic carbocycles. The molecule has 0 fully saturated rings. The zero-order chi connectivity index (χ0) is 11.5. The summed E-state index contributed by atoms with van der Waals surface area (Å²) in [4.78, 5) is 12.5. The normalized spacial score (nSPS) is 10.4. The Morgan fingerprint density at radius 1 is 1.62 bits per heavy atom. The van der Waals surface area contributed by atoms with E-state index in [1.54, 1.807) is 22.1 Å². The third-order valence-corrected chi connectivity index (χ3v) is 3.14. The van der Waals surface area contributed by atoms with E-state index in [1.165, 1.54) is 7.11 Å². The van der Waals surface area contributed by atoms with Crippen molar-refractivity contribution in [3.05, 3.63) is 29.3 Å². The summed E-state index contributed by atoms with van der Waals surface area (Å²) in [5.74, 6) is -0.350. The monoisotopic (exact) mass is 236 g/mol. The number of thiophene rings is 1. The Bertz CT molecular complexity index is 488. The van der Waals surface area contributed by atoms with Crippen molar-refractivity contribution in [2.45, 2.75) is 13.5 Å². The lowest BCUT2D eigenvalue weighted by molar-refractivity contribution is 0.0587. The van der Waals surface area contributed by atoms with Crippen LogP contribution in [0.1, 0.15) is 17.4 Å². The molecule has 2 aromatic heterocycles. The van der Waals surface area contributed by atoms with Gasteiger partial charge in [-0.25, -0.2) is 4.79 Å². The Balaban J connectivity index is 2.44. The van der Waals surface area contributed by atoms with Gasteiger partial charge in [0.05, 0.1) is 12.0 Å². The number of carbonyl (C=O) groups is 1. The van der Waals surface area contributed by atoms with Gasteiger partial charge >= 0.3 is 5.97 Å². The van der Waals surface area contributed by atoms with Gasteiger partial charge < -0.3 is 4.74 Å². The lowest BCUT2D eigenvalue weighted by Crippen LogP contribution is -2.10. The minimum absolute atomic E-state index is 0.350. The average molecular weight is 236 g/mol. The molecule has 0 unspecified atom stereocenters. The molecular formula is C11H12N2O2S. The standard InChI is InChI=1S/C11H12N2O2S/c1-3-13-9(11(14)15-2)7-8(12-13)10-5-4-6-16-10/h4-7H,3H2,1-2H3. The number of nitrogens with zero attached hydrogens (tertiary/aromatic N) is 2. The van der Waals surface area contributed by atoms with Crippen molar-refractivity contribution in [1.82, 2.24) is 9.78 Å². The summed E-state index contributed by atoms with van der Waals surface area (Å²) in [5.41, 5.74) is 1.31. The van der Waals surface area contributed by atoms with Crippen molar-refractivity contribution in [2.75, 3.05) is 7.11 Å². The Labute approximate surface area is 97.5 Å². The molecule has 0 amide bonds. The molecule has 0 aliphatic heterocycles. The Hall–Kier alpha value is -1.62. The first kappa shape index (κ1) is 10.9.